The molecule has 3 heteroatoms. The molecule has 0 radical (unpaired) electrons. The van der Waals surface area contributed by atoms with E-state index < -0.39 is 0 Å². The molecule has 2 N–H and O–H groups in total. The number of carbonyl (C=O) groups is 1. The lowest BCUT2D eigenvalue weighted by Crippen LogP contribution is -2.12. The number of benzene rings is 5. The Morgan fingerprint density at radius 2 is 1.37 bits per heavy atom. The summed E-state index contributed by atoms with van der Waals surface area (Å²) in [6.07, 6.45) is 0. The van der Waals surface area contributed by atoms with Crippen LogP contribution in [0.25, 0.3) is 32.7 Å². The summed E-state index contributed by atoms with van der Waals surface area (Å²) in [5, 5.41) is 17.4. The predicted octanol–water partition coefficient (Wildman–Crippen LogP) is 6.62. The molecular formula is C27H19NO2. The van der Waals surface area contributed by atoms with Crippen LogP contribution in [0.5, 0.6) is 5.75 Å². The van der Waals surface area contributed by atoms with E-state index >= 15 is 0 Å². The average Bonchev–Trinajstić information content (AvgIpc) is 2.78. The fraction of sp³-hybridized carbons (Fsp3) is 0. The van der Waals surface area contributed by atoms with Crippen LogP contribution in [0.15, 0.2) is 103 Å². The number of aromatic hydroxyl groups is 1. The molecule has 0 heterocycles. The molecule has 1 amide bonds. The van der Waals surface area contributed by atoms with E-state index in [0.29, 0.717) is 11.3 Å². The molecule has 0 bridgehead atoms. The quantitative estimate of drug-likeness (QED) is 0.364. The van der Waals surface area contributed by atoms with Crippen LogP contribution in [-0.2, 0) is 0 Å². The Bertz CT molecular complexity index is 1400. The summed E-state index contributed by atoms with van der Waals surface area (Å²) in [5.41, 5.74) is 3.01. The van der Waals surface area contributed by atoms with Crippen molar-refractivity contribution in [3.63, 3.8) is 0 Å². The van der Waals surface area contributed by atoms with E-state index in [1.165, 1.54) is 0 Å². The first-order chi connectivity index (χ1) is 14.7. The third-order valence-electron chi connectivity index (χ3n) is 5.34. The third kappa shape index (κ3) is 3.27. The number of phenolic OH excluding ortho intramolecular Hbond substituents is 1. The van der Waals surface area contributed by atoms with Crippen molar-refractivity contribution < 1.29 is 9.90 Å². The highest BCUT2D eigenvalue weighted by molar-refractivity contribution is 6.09. The lowest BCUT2D eigenvalue weighted by molar-refractivity contribution is 0.102. The maximum atomic E-state index is 13.0. The maximum Gasteiger partial charge on any atom is 0.255 e. The van der Waals surface area contributed by atoms with Gasteiger partial charge in [0, 0.05) is 17.2 Å². The van der Waals surface area contributed by atoms with Crippen molar-refractivity contribution in [2.24, 2.45) is 0 Å². The molecule has 0 saturated heterocycles. The molecular weight excluding hydrogens is 370 g/mol. The fourth-order valence-corrected chi connectivity index (χ4v) is 3.86. The van der Waals surface area contributed by atoms with Crippen molar-refractivity contribution in [2.45, 2.75) is 0 Å². The molecule has 0 atom stereocenters. The average molecular weight is 389 g/mol. The molecule has 0 unspecified atom stereocenters. The molecule has 0 aliphatic heterocycles. The minimum Gasteiger partial charge on any atom is -0.508 e. The molecule has 5 rings (SSSR count). The second kappa shape index (κ2) is 7.37. The Kier molecular flexibility index (Phi) is 4.41. The summed E-state index contributed by atoms with van der Waals surface area (Å²) in [6.45, 7) is 0. The molecule has 3 nitrogen and oxygen atoms in total. The number of rotatable bonds is 3. The van der Waals surface area contributed by atoms with Gasteiger partial charge in [-0.1, -0.05) is 72.8 Å². The van der Waals surface area contributed by atoms with Crippen LogP contribution < -0.4 is 5.32 Å². The van der Waals surface area contributed by atoms with Crippen molar-refractivity contribution in [3.05, 3.63) is 109 Å². The van der Waals surface area contributed by atoms with Crippen LogP contribution in [0.4, 0.5) is 5.69 Å². The van der Waals surface area contributed by atoms with Gasteiger partial charge in [0.25, 0.3) is 5.91 Å². The van der Waals surface area contributed by atoms with Gasteiger partial charge in [0.2, 0.25) is 0 Å². The predicted molar refractivity (Wildman–Crippen MR) is 123 cm³/mol. The summed E-state index contributed by atoms with van der Waals surface area (Å²) >= 11 is 0. The number of hydrogen-bond donors (Lipinski definition) is 2. The van der Waals surface area contributed by atoms with Gasteiger partial charge in [0.1, 0.15) is 5.75 Å². The van der Waals surface area contributed by atoms with Gasteiger partial charge in [-0.2, -0.15) is 0 Å². The number of anilines is 1. The van der Waals surface area contributed by atoms with Gasteiger partial charge in [-0.25, -0.2) is 0 Å². The van der Waals surface area contributed by atoms with E-state index in [2.05, 4.69) is 23.5 Å². The van der Waals surface area contributed by atoms with Gasteiger partial charge < -0.3 is 10.4 Å². The van der Waals surface area contributed by atoms with Crippen molar-refractivity contribution in [3.8, 4) is 16.9 Å². The van der Waals surface area contributed by atoms with Gasteiger partial charge in [0.15, 0.2) is 0 Å². The van der Waals surface area contributed by atoms with Crippen molar-refractivity contribution in [1.29, 1.82) is 0 Å². The smallest absolute Gasteiger partial charge is 0.255 e. The van der Waals surface area contributed by atoms with Crippen LogP contribution in [-0.4, -0.2) is 11.0 Å². The van der Waals surface area contributed by atoms with Gasteiger partial charge in [-0.15, -0.1) is 0 Å². The molecule has 0 spiro atoms. The van der Waals surface area contributed by atoms with Crippen molar-refractivity contribution in [1.82, 2.24) is 0 Å². The first-order valence-electron chi connectivity index (χ1n) is 9.80. The summed E-state index contributed by atoms with van der Waals surface area (Å²) in [7, 11) is 0. The van der Waals surface area contributed by atoms with Crippen LogP contribution in [0.3, 0.4) is 0 Å². The molecule has 5 aromatic rings. The van der Waals surface area contributed by atoms with Crippen LogP contribution in [0.1, 0.15) is 10.4 Å². The summed E-state index contributed by atoms with van der Waals surface area (Å²) in [6, 6.07) is 32.9. The minimum absolute atomic E-state index is 0.104. The number of fused-ring (bicyclic) bond motifs is 2. The zero-order valence-corrected chi connectivity index (χ0v) is 16.2. The number of nitrogens with one attached hydrogen (secondary N) is 1. The first-order valence-corrected chi connectivity index (χ1v) is 9.80. The second-order valence-corrected chi connectivity index (χ2v) is 7.27. The van der Waals surface area contributed by atoms with Gasteiger partial charge in [0.05, 0.1) is 5.69 Å². The van der Waals surface area contributed by atoms with E-state index in [-0.39, 0.29) is 11.7 Å². The maximum absolute atomic E-state index is 13.0. The molecule has 0 aliphatic rings. The van der Waals surface area contributed by atoms with E-state index in [0.717, 1.165) is 32.7 Å². The molecule has 144 valence electrons. The normalized spacial score (nSPS) is 10.9. The van der Waals surface area contributed by atoms with Crippen LogP contribution in [0, 0.1) is 0 Å². The number of hydrogen-bond acceptors (Lipinski definition) is 2. The Balaban J connectivity index is 1.57. The monoisotopic (exact) mass is 389 g/mol. The van der Waals surface area contributed by atoms with Crippen molar-refractivity contribution in [2.75, 3.05) is 5.32 Å². The summed E-state index contributed by atoms with van der Waals surface area (Å²) < 4.78 is 0. The molecule has 0 saturated carbocycles. The van der Waals surface area contributed by atoms with Gasteiger partial charge in [-0.3, -0.25) is 4.79 Å². The van der Waals surface area contributed by atoms with Gasteiger partial charge in [-0.05, 0) is 51.4 Å². The van der Waals surface area contributed by atoms with Gasteiger partial charge >= 0.3 is 0 Å². The highest BCUT2D eigenvalue weighted by atomic mass is 16.3. The van der Waals surface area contributed by atoms with E-state index in [4.69, 9.17) is 0 Å². The Labute approximate surface area is 174 Å². The zero-order valence-electron chi connectivity index (χ0n) is 16.2. The second-order valence-electron chi connectivity index (χ2n) is 7.27. The standard InChI is InChI=1S/C27H19NO2/c29-22-14-15-25(24-11-5-9-19-7-3-4-10-23(19)24)26(17-22)28-27(30)21-13-12-18-6-1-2-8-20(18)16-21/h1-17,29H,(H,28,30). The zero-order chi connectivity index (χ0) is 20.5. The lowest BCUT2D eigenvalue weighted by Gasteiger charge is -2.14. The first kappa shape index (κ1) is 18.0. The Hall–Kier alpha value is -4.11. The summed E-state index contributed by atoms with van der Waals surface area (Å²) in [5.74, 6) is -0.111. The largest absolute Gasteiger partial charge is 0.508 e. The number of phenols is 1. The summed E-state index contributed by atoms with van der Waals surface area (Å²) in [4.78, 5) is 13.0. The molecule has 5 aromatic carbocycles. The van der Waals surface area contributed by atoms with Crippen LogP contribution >= 0.6 is 0 Å². The molecule has 30 heavy (non-hydrogen) atoms. The lowest BCUT2D eigenvalue weighted by atomic mass is 9.96. The molecule has 0 fully saturated rings. The molecule has 0 aromatic heterocycles. The Morgan fingerprint density at radius 3 is 2.23 bits per heavy atom. The number of amides is 1. The van der Waals surface area contributed by atoms with E-state index in [1.54, 1.807) is 12.1 Å². The topological polar surface area (TPSA) is 49.3 Å². The SMILES string of the molecule is O=C(Nc1cc(O)ccc1-c1cccc2ccccc12)c1ccc2ccccc2c1. The third-order valence-corrected chi connectivity index (χ3v) is 5.34. The number of carbonyl (C=O) groups excluding carboxylic acids is 1. The highest BCUT2D eigenvalue weighted by Gasteiger charge is 2.14. The van der Waals surface area contributed by atoms with Crippen LogP contribution in [0.2, 0.25) is 0 Å². The Morgan fingerprint density at radius 1 is 0.633 bits per heavy atom. The van der Waals surface area contributed by atoms with Crippen molar-refractivity contribution >= 4 is 33.1 Å². The minimum atomic E-state index is -0.215. The van der Waals surface area contributed by atoms with E-state index in [9.17, 15) is 9.90 Å². The molecule has 0 aliphatic carbocycles. The van der Waals surface area contributed by atoms with E-state index in [1.807, 2.05) is 72.8 Å². The fourth-order valence-electron chi connectivity index (χ4n) is 3.86. The highest BCUT2D eigenvalue weighted by Crippen LogP contribution is 2.36.